The number of hydrogen-bond donors (Lipinski definition) is 1. The van der Waals surface area contributed by atoms with Gasteiger partial charge >= 0.3 is 0 Å². The Kier molecular flexibility index (Phi) is 5.36. The van der Waals surface area contributed by atoms with E-state index in [2.05, 4.69) is 15.3 Å². The molecule has 0 fully saturated rings. The van der Waals surface area contributed by atoms with Crippen molar-refractivity contribution in [3.63, 3.8) is 0 Å². The second-order valence-electron chi connectivity index (χ2n) is 5.82. The van der Waals surface area contributed by atoms with E-state index in [1.165, 1.54) is 0 Å². The van der Waals surface area contributed by atoms with Crippen molar-refractivity contribution in [2.75, 3.05) is 12.4 Å². The Morgan fingerprint density at radius 1 is 1.00 bits per heavy atom. The highest BCUT2D eigenvalue weighted by atomic mass is 16.2. The maximum absolute atomic E-state index is 12.6. The average molecular weight is 332 g/mol. The molecule has 2 aromatic heterocycles. The molecule has 3 aromatic rings. The summed E-state index contributed by atoms with van der Waals surface area (Å²) in [6, 6.07) is 15.6. The van der Waals surface area contributed by atoms with Crippen LogP contribution in [0.4, 0.5) is 5.69 Å². The first-order valence-corrected chi connectivity index (χ1v) is 8.09. The summed E-state index contributed by atoms with van der Waals surface area (Å²) in [6.45, 7) is 1.19. The summed E-state index contributed by atoms with van der Waals surface area (Å²) in [7, 11) is 1.80. The third-order valence-corrected chi connectivity index (χ3v) is 3.81. The minimum atomic E-state index is -0.0543. The first kappa shape index (κ1) is 16.6. The third-order valence-electron chi connectivity index (χ3n) is 3.81. The number of nitrogens with zero attached hydrogens (tertiary/aromatic N) is 3. The van der Waals surface area contributed by atoms with Crippen LogP contribution in [-0.2, 0) is 13.1 Å². The molecule has 0 atom stereocenters. The Morgan fingerprint density at radius 3 is 2.56 bits per heavy atom. The monoisotopic (exact) mass is 332 g/mol. The second kappa shape index (κ2) is 8.06. The van der Waals surface area contributed by atoms with Gasteiger partial charge in [-0.25, -0.2) is 0 Å². The SMILES string of the molecule is CN(Cc1ccccc1)C(=O)c1cncc(NCc2cccnc2)c1. The van der Waals surface area contributed by atoms with Crippen molar-refractivity contribution in [2.45, 2.75) is 13.1 Å². The van der Waals surface area contributed by atoms with Gasteiger partial charge in [-0.3, -0.25) is 14.8 Å². The molecule has 126 valence electrons. The van der Waals surface area contributed by atoms with Gasteiger partial charge in [-0.05, 0) is 23.3 Å². The van der Waals surface area contributed by atoms with Gasteiger partial charge in [0.1, 0.15) is 0 Å². The second-order valence-corrected chi connectivity index (χ2v) is 5.82. The predicted octanol–water partition coefficient (Wildman–Crippen LogP) is 3.36. The number of carbonyl (C=O) groups is 1. The fourth-order valence-corrected chi connectivity index (χ4v) is 2.51. The van der Waals surface area contributed by atoms with Crippen molar-refractivity contribution in [3.8, 4) is 0 Å². The maximum Gasteiger partial charge on any atom is 0.255 e. The summed E-state index contributed by atoms with van der Waals surface area (Å²) in [4.78, 5) is 22.6. The molecule has 1 N–H and O–H groups in total. The number of hydrogen-bond acceptors (Lipinski definition) is 4. The lowest BCUT2D eigenvalue weighted by atomic mass is 10.2. The number of pyridine rings is 2. The molecule has 5 heteroatoms. The Labute approximate surface area is 147 Å². The van der Waals surface area contributed by atoms with E-state index in [-0.39, 0.29) is 5.91 Å². The zero-order valence-corrected chi connectivity index (χ0v) is 14.1. The first-order valence-electron chi connectivity index (χ1n) is 8.09. The number of rotatable bonds is 6. The minimum Gasteiger partial charge on any atom is -0.380 e. The predicted molar refractivity (Wildman–Crippen MR) is 98.0 cm³/mol. The highest BCUT2D eigenvalue weighted by Crippen LogP contribution is 2.13. The lowest BCUT2D eigenvalue weighted by molar-refractivity contribution is 0.0784. The first-order chi connectivity index (χ1) is 12.2. The van der Waals surface area contributed by atoms with Crippen LogP contribution in [-0.4, -0.2) is 27.8 Å². The molecule has 1 amide bonds. The summed E-state index contributed by atoms with van der Waals surface area (Å²) in [6.07, 6.45) is 6.86. The third kappa shape index (κ3) is 4.64. The summed E-state index contributed by atoms with van der Waals surface area (Å²) in [5.41, 5.74) is 3.54. The molecule has 0 unspecified atom stereocenters. The van der Waals surface area contributed by atoms with Crippen LogP contribution < -0.4 is 5.32 Å². The maximum atomic E-state index is 12.6. The standard InChI is InChI=1S/C20H20N4O/c1-24(15-16-6-3-2-4-7-16)20(25)18-10-19(14-22-13-18)23-12-17-8-5-9-21-11-17/h2-11,13-14,23H,12,15H2,1H3. The largest absolute Gasteiger partial charge is 0.380 e. The van der Waals surface area contributed by atoms with Crippen LogP contribution in [0.1, 0.15) is 21.5 Å². The molecule has 0 radical (unpaired) electrons. The Morgan fingerprint density at radius 2 is 1.80 bits per heavy atom. The van der Waals surface area contributed by atoms with Gasteiger partial charge < -0.3 is 10.2 Å². The molecular formula is C20H20N4O. The van der Waals surface area contributed by atoms with Gasteiger partial charge in [0.25, 0.3) is 5.91 Å². The van der Waals surface area contributed by atoms with Crippen LogP contribution in [0, 0.1) is 0 Å². The molecule has 1 aromatic carbocycles. The van der Waals surface area contributed by atoms with Crippen LogP contribution in [0.15, 0.2) is 73.3 Å². The average Bonchev–Trinajstić information content (AvgIpc) is 2.67. The van der Waals surface area contributed by atoms with Crippen molar-refractivity contribution in [1.82, 2.24) is 14.9 Å². The van der Waals surface area contributed by atoms with E-state index in [0.717, 1.165) is 16.8 Å². The van der Waals surface area contributed by atoms with Crippen LogP contribution in [0.5, 0.6) is 0 Å². The highest BCUT2D eigenvalue weighted by molar-refractivity contribution is 5.94. The smallest absolute Gasteiger partial charge is 0.255 e. The molecule has 0 aliphatic heterocycles. The number of anilines is 1. The molecule has 0 aliphatic carbocycles. The molecule has 0 bridgehead atoms. The zero-order chi connectivity index (χ0) is 17.5. The van der Waals surface area contributed by atoms with Gasteiger partial charge in [-0.15, -0.1) is 0 Å². The molecule has 0 aliphatic rings. The molecule has 5 nitrogen and oxygen atoms in total. The molecule has 25 heavy (non-hydrogen) atoms. The molecule has 3 rings (SSSR count). The normalized spacial score (nSPS) is 10.3. The number of nitrogens with one attached hydrogen (secondary N) is 1. The van der Waals surface area contributed by atoms with Gasteiger partial charge in [0.15, 0.2) is 0 Å². The van der Waals surface area contributed by atoms with E-state index in [1.54, 1.807) is 30.5 Å². The molecular weight excluding hydrogens is 312 g/mol. The molecule has 0 saturated carbocycles. The molecule has 2 heterocycles. The van der Waals surface area contributed by atoms with Gasteiger partial charge in [-0.2, -0.15) is 0 Å². The van der Waals surface area contributed by atoms with Crippen molar-refractivity contribution < 1.29 is 4.79 Å². The van der Waals surface area contributed by atoms with Crippen molar-refractivity contribution in [3.05, 3.63) is 90.0 Å². The summed E-state index contributed by atoms with van der Waals surface area (Å²) < 4.78 is 0. The van der Waals surface area contributed by atoms with E-state index in [4.69, 9.17) is 0 Å². The van der Waals surface area contributed by atoms with E-state index in [1.807, 2.05) is 54.7 Å². The fraction of sp³-hybridized carbons (Fsp3) is 0.150. The van der Waals surface area contributed by atoms with E-state index in [9.17, 15) is 4.79 Å². The van der Waals surface area contributed by atoms with Crippen molar-refractivity contribution >= 4 is 11.6 Å². The van der Waals surface area contributed by atoms with Gasteiger partial charge in [0, 0.05) is 44.9 Å². The van der Waals surface area contributed by atoms with Gasteiger partial charge in [0.05, 0.1) is 11.3 Å². The van der Waals surface area contributed by atoms with Crippen LogP contribution >= 0.6 is 0 Å². The van der Waals surface area contributed by atoms with Gasteiger partial charge in [-0.1, -0.05) is 36.4 Å². The Bertz CT molecular complexity index is 821. The lowest BCUT2D eigenvalue weighted by Gasteiger charge is -2.17. The number of aromatic nitrogens is 2. The fourth-order valence-electron chi connectivity index (χ4n) is 2.51. The summed E-state index contributed by atoms with van der Waals surface area (Å²) >= 11 is 0. The highest BCUT2D eigenvalue weighted by Gasteiger charge is 2.13. The van der Waals surface area contributed by atoms with Crippen LogP contribution in [0.25, 0.3) is 0 Å². The number of amides is 1. The summed E-state index contributed by atoms with van der Waals surface area (Å²) in [5, 5.41) is 3.27. The lowest BCUT2D eigenvalue weighted by Crippen LogP contribution is -2.26. The van der Waals surface area contributed by atoms with E-state index < -0.39 is 0 Å². The van der Waals surface area contributed by atoms with Crippen LogP contribution in [0.3, 0.4) is 0 Å². The molecule has 0 saturated heterocycles. The van der Waals surface area contributed by atoms with Gasteiger partial charge in [0.2, 0.25) is 0 Å². The quantitative estimate of drug-likeness (QED) is 0.752. The van der Waals surface area contributed by atoms with Crippen molar-refractivity contribution in [1.29, 1.82) is 0 Å². The van der Waals surface area contributed by atoms with E-state index >= 15 is 0 Å². The van der Waals surface area contributed by atoms with E-state index in [0.29, 0.717) is 18.7 Å². The minimum absolute atomic E-state index is 0.0543. The number of benzene rings is 1. The Balaban J connectivity index is 1.64. The summed E-state index contributed by atoms with van der Waals surface area (Å²) in [5.74, 6) is -0.0543. The number of carbonyl (C=O) groups excluding carboxylic acids is 1. The van der Waals surface area contributed by atoms with Crippen molar-refractivity contribution in [2.24, 2.45) is 0 Å². The van der Waals surface area contributed by atoms with Crippen LogP contribution in [0.2, 0.25) is 0 Å². The Hall–Kier alpha value is -3.21. The topological polar surface area (TPSA) is 58.1 Å². The zero-order valence-electron chi connectivity index (χ0n) is 14.1. The molecule has 0 spiro atoms.